The molecule has 1 aromatic carbocycles. The van der Waals surface area contributed by atoms with Crippen molar-refractivity contribution in [2.24, 2.45) is 0 Å². The van der Waals surface area contributed by atoms with Gasteiger partial charge in [-0.25, -0.2) is 0 Å². The lowest BCUT2D eigenvalue weighted by Crippen LogP contribution is -2.31. The Kier molecular flexibility index (Phi) is 10.6. The lowest BCUT2D eigenvalue weighted by atomic mass is 9.79. The Labute approximate surface area is 183 Å². The van der Waals surface area contributed by atoms with Crippen LogP contribution in [0.2, 0.25) is 0 Å². The molecule has 0 fully saturated rings. The van der Waals surface area contributed by atoms with E-state index in [1.54, 1.807) is 0 Å². The first-order valence-corrected chi connectivity index (χ1v) is 11.6. The predicted octanol–water partition coefficient (Wildman–Crippen LogP) is 6.82. The molecule has 0 aliphatic carbocycles. The molecule has 0 saturated heterocycles. The van der Waals surface area contributed by atoms with Gasteiger partial charge < -0.3 is 5.11 Å². The molecule has 0 bridgehead atoms. The SMILES string of the molecule is CC(C)(O[P+](=O)O)C(=O)/C=C/c1cc(C(C)(C)C)cc(C(C)(C)C)c1O.CCCC. The van der Waals surface area contributed by atoms with Gasteiger partial charge in [0.2, 0.25) is 0 Å². The zero-order valence-corrected chi connectivity index (χ0v) is 21.2. The number of aromatic hydroxyl groups is 1. The van der Waals surface area contributed by atoms with Crippen molar-refractivity contribution in [2.45, 2.75) is 98.5 Å². The molecule has 0 aliphatic rings. The third-order valence-electron chi connectivity index (χ3n) is 4.63. The van der Waals surface area contributed by atoms with E-state index in [9.17, 15) is 14.5 Å². The van der Waals surface area contributed by atoms with Gasteiger partial charge >= 0.3 is 8.25 Å². The largest absolute Gasteiger partial charge is 0.695 e. The molecule has 0 aromatic heterocycles. The normalized spacial score (nSPS) is 13.1. The Hall–Kier alpha value is -1.55. The molecule has 6 heteroatoms. The maximum absolute atomic E-state index is 12.3. The molecule has 1 atom stereocenters. The highest BCUT2D eigenvalue weighted by molar-refractivity contribution is 7.32. The van der Waals surface area contributed by atoms with Crippen LogP contribution in [-0.4, -0.2) is 21.4 Å². The summed E-state index contributed by atoms with van der Waals surface area (Å²) in [4.78, 5) is 21.2. The molecule has 1 aromatic rings. The first-order chi connectivity index (χ1) is 13.5. The number of phenols is 1. The van der Waals surface area contributed by atoms with Crippen molar-refractivity contribution < 1.29 is 23.9 Å². The molecule has 2 N–H and O–H groups in total. The number of benzene rings is 1. The van der Waals surface area contributed by atoms with Gasteiger partial charge in [0, 0.05) is 15.7 Å². The van der Waals surface area contributed by atoms with Crippen LogP contribution in [0.15, 0.2) is 18.2 Å². The van der Waals surface area contributed by atoms with Crippen molar-refractivity contribution in [3.05, 3.63) is 34.9 Å². The second kappa shape index (κ2) is 11.2. The molecular weight excluding hydrogens is 399 g/mol. The van der Waals surface area contributed by atoms with E-state index < -0.39 is 19.6 Å². The summed E-state index contributed by atoms with van der Waals surface area (Å²) in [5, 5.41) is 10.7. The molecular formula is C24H40O5P+. The molecule has 0 amide bonds. The average Bonchev–Trinajstić information content (AvgIpc) is 2.57. The molecule has 1 rings (SSSR count). The quantitative estimate of drug-likeness (QED) is 0.375. The maximum Gasteiger partial charge on any atom is 0.695 e. The fourth-order valence-corrected chi connectivity index (χ4v) is 2.88. The van der Waals surface area contributed by atoms with E-state index in [4.69, 9.17) is 9.42 Å². The van der Waals surface area contributed by atoms with E-state index in [2.05, 4.69) is 34.6 Å². The van der Waals surface area contributed by atoms with Crippen molar-refractivity contribution in [2.75, 3.05) is 0 Å². The number of rotatable bonds is 6. The summed E-state index contributed by atoms with van der Waals surface area (Å²) in [6.45, 7) is 19.5. The fraction of sp³-hybridized carbons (Fsp3) is 0.625. The number of unbranched alkanes of at least 4 members (excludes halogenated alkanes) is 1. The maximum atomic E-state index is 12.3. The molecule has 170 valence electrons. The molecule has 5 nitrogen and oxygen atoms in total. The molecule has 0 heterocycles. The number of hydrogen-bond donors (Lipinski definition) is 2. The highest BCUT2D eigenvalue weighted by Gasteiger charge is 2.36. The van der Waals surface area contributed by atoms with Gasteiger partial charge in [0.1, 0.15) is 5.75 Å². The summed E-state index contributed by atoms with van der Waals surface area (Å²) in [6.07, 6.45) is 5.43. The van der Waals surface area contributed by atoms with Gasteiger partial charge in [-0.05, 0) is 48.5 Å². The number of phenolic OH excluding ortho intramolecular Hbond substituents is 1. The van der Waals surface area contributed by atoms with E-state index in [0.29, 0.717) is 5.56 Å². The minimum absolute atomic E-state index is 0.126. The summed E-state index contributed by atoms with van der Waals surface area (Å²) in [5.41, 5.74) is 0.545. The topological polar surface area (TPSA) is 83.8 Å². The third-order valence-corrected chi connectivity index (χ3v) is 5.24. The molecule has 1 unspecified atom stereocenters. The molecule has 30 heavy (non-hydrogen) atoms. The standard InChI is InChI=1S/C20H29O5P.C4H10/c1-18(2,3)14-11-13(17(22)15(12-14)19(4,5)6)9-10-16(21)20(7,8)25-26(23)24;1-3-4-2/h9-12H,1-8H3,(H-,21,22,23,24);3-4H2,1-2H3/p+1. The van der Waals surface area contributed by atoms with E-state index >= 15 is 0 Å². The Bertz CT molecular complexity index is 763. The Morgan fingerprint density at radius 1 is 1.00 bits per heavy atom. The zero-order valence-electron chi connectivity index (χ0n) is 20.3. The summed E-state index contributed by atoms with van der Waals surface area (Å²) in [5.74, 6) is -0.339. The number of hydrogen-bond acceptors (Lipinski definition) is 4. The second-order valence-electron chi connectivity index (χ2n) is 10.00. The fourth-order valence-electron chi connectivity index (χ4n) is 2.40. The zero-order chi connectivity index (χ0) is 23.9. The summed E-state index contributed by atoms with van der Waals surface area (Å²) < 4.78 is 15.6. The van der Waals surface area contributed by atoms with Crippen LogP contribution in [0.4, 0.5) is 0 Å². The van der Waals surface area contributed by atoms with Crippen molar-refractivity contribution in [3.63, 3.8) is 0 Å². The summed E-state index contributed by atoms with van der Waals surface area (Å²) in [7, 11) is -2.89. The molecule has 0 aliphatic heterocycles. The molecule has 0 saturated carbocycles. The van der Waals surface area contributed by atoms with Crippen molar-refractivity contribution >= 4 is 20.1 Å². The lowest BCUT2D eigenvalue weighted by Gasteiger charge is -2.27. The van der Waals surface area contributed by atoms with Crippen LogP contribution < -0.4 is 0 Å². The third kappa shape index (κ3) is 9.07. The van der Waals surface area contributed by atoms with Gasteiger partial charge in [-0.3, -0.25) is 4.79 Å². The lowest BCUT2D eigenvalue weighted by molar-refractivity contribution is -0.126. The van der Waals surface area contributed by atoms with Crippen LogP contribution in [-0.2, 0) is 24.7 Å². The smallest absolute Gasteiger partial charge is 0.507 e. The number of carbonyl (C=O) groups excluding carboxylic acids is 1. The Morgan fingerprint density at radius 3 is 1.87 bits per heavy atom. The first-order valence-electron chi connectivity index (χ1n) is 10.4. The van der Waals surface area contributed by atoms with E-state index in [1.807, 2.05) is 32.9 Å². The van der Waals surface area contributed by atoms with Gasteiger partial charge in [0.25, 0.3) is 0 Å². The van der Waals surface area contributed by atoms with Gasteiger partial charge in [0.05, 0.1) is 0 Å². The van der Waals surface area contributed by atoms with Crippen molar-refractivity contribution in [1.82, 2.24) is 0 Å². The van der Waals surface area contributed by atoms with Crippen LogP contribution in [0.25, 0.3) is 6.08 Å². The van der Waals surface area contributed by atoms with Crippen LogP contribution in [0.3, 0.4) is 0 Å². The highest BCUT2D eigenvalue weighted by atomic mass is 31.1. The summed E-state index contributed by atoms with van der Waals surface area (Å²) in [6, 6.07) is 3.85. The minimum Gasteiger partial charge on any atom is -0.507 e. The van der Waals surface area contributed by atoms with Crippen LogP contribution >= 0.6 is 8.25 Å². The highest BCUT2D eigenvalue weighted by Crippen LogP contribution is 2.38. The van der Waals surface area contributed by atoms with E-state index in [0.717, 1.165) is 11.1 Å². The van der Waals surface area contributed by atoms with Crippen LogP contribution in [0, 0.1) is 0 Å². The van der Waals surface area contributed by atoms with Gasteiger partial charge in [-0.2, -0.15) is 0 Å². The number of ketones is 1. The summed E-state index contributed by atoms with van der Waals surface area (Å²) >= 11 is 0. The Morgan fingerprint density at radius 2 is 1.50 bits per heavy atom. The predicted molar refractivity (Wildman–Crippen MR) is 125 cm³/mol. The van der Waals surface area contributed by atoms with Crippen molar-refractivity contribution in [3.8, 4) is 5.75 Å². The van der Waals surface area contributed by atoms with Gasteiger partial charge in [0.15, 0.2) is 11.4 Å². The first kappa shape index (κ1) is 28.5. The van der Waals surface area contributed by atoms with Crippen LogP contribution in [0.5, 0.6) is 5.75 Å². The molecule has 0 spiro atoms. The van der Waals surface area contributed by atoms with E-state index in [-0.39, 0.29) is 16.6 Å². The second-order valence-corrected chi connectivity index (χ2v) is 10.7. The van der Waals surface area contributed by atoms with Gasteiger partial charge in [-0.15, -0.1) is 9.42 Å². The monoisotopic (exact) mass is 439 g/mol. The van der Waals surface area contributed by atoms with Crippen LogP contribution in [0.1, 0.15) is 98.8 Å². The Balaban J connectivity index is 0.00000192. The van der Waals surface area contributed by atoms with E-state index in [1.165, 1.54) is 38.8 Å². The van der Waals surface area contributed by atoms with Crippen molar-refractivity contribution in [1.29, 1.82) is 0 Å². The molecule has 0 radical (unpaired) electrons. The minimum atomic E-state index is -2.89. The van der Waals surface area contributed by atoms with Gasteiger partial charge in [-0.1, -0.05) is 74.3 Å². The number of carbonyl (C=O) groups is 1. The average molecular weight is 440 g/mol.